The zero-order chi connectivity index (χ0) is 13.1. The van der Waals surface area contributed by atoms with Gasteiger partial charge in [-0.15, -0.1) is 11.3 Å². The number of hydrogen-bond acceptors (Lipinski definition) is 4. The summed E-state index contributed by atoms with van der Waals surface area (Å²) in [5.41, 5.74) is 5.91. The summed E-state index contributed by atoms with van der Waals surface area (Å²) in [6.45, 7) is 8.61. The number of hydrogen-bond donors (Lipinski definition) is 2. The summed E-state index contributed by atoms with van der Waals surface area (Å²) < 4.78 is 0. The largest absolute Gasteiger partial charge is 0.351 e. The van der Waals surface area contributed by atoms with Crippen molar-refractivity contribution in [3.63, 3.8) is 0 Å². The highest BCUT2D eigenvalue weighted by atomic mass is 32.1. The van der Waals surface area contributed by atoms with Crippen LogP contribution in [-0.2, 0) is 11.3 Å². The lowest BCUT2D eigenvalue weighted by molar-refractivity contribution is -0.122. The topological polar surface area (TPSA) is 68.0 Å². The molecule has 0 aliphatic carbocycles. The number of carbonyl (C=O) groups excluding carboxylic acids is 1. The molecule has 1 heterocycles. The smallest absolute Gasteiger partial charge is 0.221 e. The van der Waals surface area contributed by atoms with Crippen LogP contribution in [0, 0.1) is 12.3 Å². The van der Waals surface area contributed by atoms with E-state index in [1.54, 1.807) is 17.5 Å². The van der Waals surface area contributed by atoms with E-state index in [2.05, 4.69) is 10.3 Å². The van der Waals surface area contributed by atoms with Crippen LogP contribution in [0.1, 0.15) is 37.1 Å². The average Bonchev–Trinajstić information content (AvgIpc) is 2.60. The summed E-state index contributed by atoms with van der Waals surface area (Å²) in [7, 11) is 0. The number of rotatable bonds is 4. The molecule has 1 rings (SSSR count). The molecule has 0 aliphatic heterocycles. The van der Waals surface area contributed by atoms with Gasteiger partial charge in [0.25, 0.3) is 0 Å². The normalized spacial score (nSPS) is 13.5. The molecule has 1 aromatic heterocycles. The van der Waals surface area contributed by atoms with E-state index in [1.165, 1.54) is 0 Å². The zero-order valence-electron chi connectivity index (χ0n) is 10.9. The molecule has 0 bridgehead atoms. The van der Waals surface area contributed by atoms with Crippen LogP contribution in [0.4, 0.5) is 0 Å². The Hall–Kier alpha value is -0.940. The van der Waals surface area contributed by atoms with Crippen molar-refractivity contribution in [3.05, 3.63) is 16.1 Å². The van der Waals surface area contributed by atoms with Crippen LogP contribution in [0.25, 0.3) is 0 Å². The molecule has 1 unspecified atom stereocenters. The molecule has 0 radical (unpaired) electrons. The third kappa shape index (κ3) is 4.83. The van der Waals surface area contributed by atoms with E-state index in [1.807, 2.05) is 27.7 Å². The highest BCUT2D eigenvalue weighted by Gasteiger charge is 2.22. The zero-order valence-corrected chi connectivity index (χ0v) is 11.7. The van der Waals surface area contributed by atoms with Crippen molar-refractivity contribution < 1.29 is 4.79 Å². The van der Waals surface area contributed by atoms with Crippen LogP contribution in [0.15, 0.2) is 6.20 Å². The minimum atomic E-state index is -0.120. The van der Waals surface area contributed by atoms with E-state index >= 15 is 0 Å². The Bertz CT molecular complexity index is 381. The lowest BCUT2D eigenvalue weighted by Crippen LogP contribution is -2.39. The van der Waals surface area contributed by atoms with Gasteiger partial charge in [-0.3, -0.25) is 4.79 Å². The Morgan fingerprint density at radius 2 is 2.24 bits per heavy atom. The summed E-state index contributed by atoms with van der Waals surface area (Å²) in [6, 6.07) is -0.120. The minimum absolute atomic E-state index is 0.00141. The molecule has 1 aromatic rings. The van der Waals surface area contributed by atoms with Crippen molar-refractivity contribution in [3.8, 4) is 0 Å². The van der Waals surface area contributed by atoms with E-state index in [4.69, 9.17) is 5.73 Å². The maximum atomic E-state index is 11.7. The van der Waals surface area contributed by atoms with Crippen molar-refractivity contribution in [1.82, 2.24) is 10.3 Å². The van der Waals surface area contributed by atoms with Gasteiger partial charge in [0.05, 0.1) is 11.6 Å². The van der Waals surface area contributed by atoms with Gasteiger partial charge < -0.3 is 11.1 Å². The second-order valence-corrected chi connectivity index (χ2v) is 6.62. The molecule has 1 atom stereocenters. The van der Waals surface area contributed by atoms with E-state index in [-0.39, 0.29) is 17.4 Å². The van der Waals surface area contributed by atoms with E-state index in [9.17, 15) is 4.79 Å². The third-order valence-corrected chi connectivity index (χ3v) is 3.56. The summed E-state index contributed by atoms with van der Waals surface area (Å²) in [4.78, 5) is 16.9. The summed E-state index contributed by atoms with van der Waals surface area (Å²) in [6.07, 6.45) is 2.16. The fourth-order valence-electron chi connectivity index (χ4n) is 1.25. The maximum Gasteiger partial charge on any atom is 0.221 e. The molecule has 3 N–H and O–H groups in total. The molecule has 96 valence electrons. The number of nitrogens with zero attached hydrogens (tertiary/aromatic N) is 1. The first-order valence-corrected chi connectivity index (χ1v) is 6.54. The maximum absolute atomic E-state index is 11.7. The molecule has 4 nitrogen and oxygen atoms in total. The molecule has 0 spiro atoms. The molecular formula is C12H21N3OS. The summed E-state index contributed by atoms with van der Waals surface area (Å²) in [5.74, 6) is -0.00141. The van der Waals surface area contributed by atoms with Crippen LogP contribution in [0.3, 0.4) is 0 Å². The first-order valence-electron chi connectivity index (χ1n) is 5.72. The van der Waals surface area contributed by atoms with Crippen molar-refractivity contribution >= 4 is 17.2 Å². The van der Waals surface area contributed by atoms with E-state index in [0.717, 1.165) is 9.88 Å². The highest BCUT2D eigenvalue weighted by molar-refractivity contribution is 7.11. The van der Waals surface area contributed by atoms with Gasteiger partial charge in [0, 0.05) is 23.5 Å². The Kier molecular flexibility index (Phi) is 4.65. The number of aryl methyl sites for hydroxylation is 1. The first kappa shape index (κ1) is 14.1. The Morgan fingerprint density at radius 1 is 1.59 bits per heavy atom. The van der Waals surface area contributed by atoms with Gasteiger partial charge in [-0.25, -0.2) is 4.98 Å². The van der Waals surface area contributed by atoms with Crippen molar-refractivity contribution in [2.45, 2.75) is 46.7 Å². The third-order valence-electron chi connectivity index (χ3n) is 2.65. The van der Waals surface area contributed by atoms with Gasteiger partial charge in [-0.2, -0.15) is 0 Å². The van der Waals surface area contributed by atoms with Crippen LogP contribution >= 0.6 is 11.3 Å². The average molecular weight is 255 g/mol. The van der Waals surface area contributed by atoms with Crippen molar-refractivity contribution in [1.29, 1.82) is 0 Å². The molecule has 0 fully saturated rings. The second kappa shape index (κ2) is 5.60. The van der Waals surface area contributed by atoms with Gasteiger partial charge in [-0.1, -0.05) is 20.8 Å². The number of aromatic nitrogens is 1. The Balaban J connectivity index is 2.36. The number of amides is 1. The number of thiazole rings is 1. The molecule has 17 heavy (non-hydrogen) atoms. The van der Waals surface area contributed by atoms with Gasteiger partial charge >= 0.3 is 0 Å². The minimum Gasteiger partial charge on any atom is -0.351 e. The van der Waals surface area contributed by atoms with Gasteiger partial charge in [0.1, 0.15) is 0 Å². The van der Waals surface area contributed by atoms with E-state index < -0.39 is 0 Å². The van der Waals surface area contributed by atoms with Gasteiger partial charge in [-0.05, 0) is 12.3 Å². The number of carbonyl (C=O) groups is 1. The molecule has 0 aromatic carbocycles. The van der Waals surface area contributed by atoms with Crippen LogP contribution in [0.2, 0.25) is 0 Å². The summed E-state index contributed by atoms with van der Waals surface area (Å²) >= 11 is 1.60. The quantitative estimate of drug-likeness (QED) is 0.862. The Morgan fingerprint density at radius 3 is 2.71 bits per heavy atom. The fraction of sp³-hybridized carbons (Fsp3) is 0.667. The van der Waals surface area contributed by atoms with Crippen molar-refractivity contribution in [2.24, 2.45) is 11.1 Å². The van der Waals surface area contributed by atoms with E-state index in [0.29, 0.717) is 13.0 Å². The summed E-state index contributed by atoms with van der Waals surface area (Å²) in [5, 5.41) is 3.88. The first-order chi connectivity index (χ1) is 7.79. The second-order valence-electron chi connectivity index (χ2n) is 5.30. The standard InChI is InChI=1S/C12H21N3OS/c1-8-14-6-9(17-8)7-15-11(16)5-10(13)12(2,3)4/h6,10H,5,7,13H2,1-4H3,(H,15,16). The van der Waals surface area contributed by atoms with Crippen LogP contribution in [-0.4, -0.2) is 16.9 Å². The molecule has 5 heteroatoms. The molecule has 1 amide bonds. The van der Waals surface area contributed by atoms with Crippen LogP contribution in [0.5, 0.6) is 0 Å². The lowest BCUT2D eigenvalue weighted by atomic mass is 9.85. The monoisotopic (exact) mass is 255 g/mol. The molecule has 0 saturated carbocycles. The van der Waals surface area contributed by atoms with Crippen molar-refractivity contribution in [2.75, 3.05) is 0 Å². The predicted octanol–water partition coefficient (Wildman–Crippen LogP) is 1.83. The van der Waals surface area contributed by atoms with Crippen LogP contribution < -0.4 is 11.1 Å². The SMILES string of the molecule is Cc1ncc(CNC(=O)CC(N)C(C)(C)C)s1. The number of nitrogens with two attached hydrogens (primary N) is 1. The van der Waals surface area contributed by atoms with Gasteiger partial charge in [0.15, 0.2) is 0 Å². The molecule has 0 saturated heterocycles. The lowest BCUT2D eigenvalue weighted by Gasteiger charge is -2.26. The predicted molar refractivity (Wildman–Crippen MR) is 70.7 cm³/mol. The molecular weight excluding hydrogens is 234 g/mol. The highest BCUT2D eigenvalue weighted by Crippen LogP contribution is 2.19. The molecule has 0 aliphatic rings. The number of nitrogens with one attached hydrogen (secondary N) is 1. The fourth-order valence-corrected chi connectivity index (χ4v) is 1.99. The Labute approximate surface area is 107 Å². The van der Waals surface area contributed by atoms with Gasteiger partial charge in [0.2, 0.25) is 5.91 Å².